The van der Waals surface area contributed by atoms with E-state index in [2.05, 4.69) is 26.8 Å². The SMILES string of the molecule is CCCCCCCC(C)(CCCCC)C1=CCOCC1. The van der Waals surface area contributed by atoms with Gasteiger partial charge in [0.2, 0.25) is 0 Å². The van der Waals surface area contributed by atoms with Gasteiger partial charge in [-0.1, -0.05) is 83.8 Å². The molecule has 0 aliphatic carbocycles. The molecule has 0 spiro atoms. The Labute approximate surface area is 127 Å². The standard InChI is InChI=1S/C19H36O/c1-4-6-8-9-11-15-19(3,14-10-7-5-2)18-12-16-20-17-13-18/h12H,4-11,13-17H2,1-3H3. The average molecular weight is 280 g/mol. The van der Waals surface area contributed by atoms with Crippen LogP contribution in [0.1, 0.15) is 91.4 Å². The molecule has 20 heavy (non-hydrogen) atoms. The summed E-state index contributed by atoms with van der Waals surface area (Å²) in [7, 11) is 0. The van der Waals surface area contributed by atoms with E-state index in [1.807, 2.05) is 0 Å². The van der Waals surface area contributed by atoms with E-state index in [1.165, 1.54) is 64.2 Å². The lowest BCUT2D eigenvalue weighted by Gasteiger charge is -2.35. The van der Waals surface area contributed by atoms with Gasteiger partial charge in [-0.2, -0.15) is 0 Å². The van der Waals surface area contributed by atoms with Crippen molar-refractivity contribution in [1.82, 2.24) is 0 Å². The summed E-state index contributed by atoms with van der Waals surface area (Å²) in [6, 6.07) is 0. The van der Waals surface area contributed by atoms with E-state index in [4.69, 9.17) is 4.74 Å². The van der Waals surface area contributed by atoms with Crippen LogP contribution < -0.4 is 0 Å². The molecule has 1 nitrogen and oxygen atoms in total. The lowest BCUT2D eigenvalue weighted by atomic mass is 9.72. The Bertz CT molecular complexity index is 269. The molecule has 0 aromatic rings. The van der Waals surface area contributed by atoms with Crippen molar-refractivity contribution in [2.24, 2.45) is 5.41 Å². The maximum absolute atomic E-state index is 5.50. The van der Waals surface area contributed by atoms with Gasteiger partial charge in [-0.25, -0.2) is 0 Å². The Hall–Kier alpha value is -0.300. The number of hydrogen-bond donors (Lipinski definition) is 0. The first-order chi connectivity index (χ1) is 9.73. The minimum atomic E-state index is 0.450. The second kappa shape index (κ2) is 10.4. The molecule has 0 aromatic carbocycles. The van der Waals surface area contributed by atoms with E-state index in [0.717, 1.165) is 19.6 Å². The third-order valence-electron chi connectivity index (χ3n) is 4.90. The van der Waals surface area contributed by atoms with Crippen LogP contribution in [0.5, 0.6) is 0 Å². The number of hydrogen-bond acceptors (Lipinski definition) is 1. The highest BCUT2D eigenvalue weighted by molar-refractivity contribution is 5.15. The van der Waals surface area contributed by atoms with Crippen LogP contribution in [0, 0.1) is 5.41 Å². The van der Waals surface area contributed by atoms with Crippen LogP contribution in [0.3, 0.4) is 0 Å². The van der Waals surface area contributed by atoms with E-state index < -0.39 is 0 Å². The molecule has 0 aromatic heterocycles. The third-order valence-corrected chi connectivity index (χ3v) is 4.90. The first kappa shape index (κ1) is 17.8. The van der Waals surface area contributed by atoms with Crippen molar-refractivity contribution in [2.45, 2.75) is 91.4 Å². The molecular formula is C19H36O. The lowest BCUT2D eigenvalue weighted by Crippen LogP contribution is -2.23. The molecule has 1 aliphatic rings. The summed E-state index contributed by atoms with van der Waals surface area (Å²) in [5, 5.41) is 0. The molecular weight excluding hydrogens is 244 g/mol. The summed E-state index contributed by atoms with van der Waals surface area (Å²) in [4.78, 5) is 0. The Kier molecular flexibility index (Phi) is 9.26. The van der Waals surface area contributed by atoms with Gasteiger partial charge in [0.05, 0.1) is 13.2 Å². The molecule has 0 amide bonds. The van der Waals surface area contributed by atoms with Crippen molar-refractivity contribution >= 4 is 0 Å². The minimum absolute atomic E-state index is 0.450. The molecule has 0 saturated carbocycles. The van der Waals surface area contributed by atoms with Gasteiger partial charge in [0, 0.05) is 0 Å². The van der Waals surface area contributed by atoms with Crippen LogP contribution in [0.25, 0.3) is 0 Å². The highest BCUT2D eigenvalue weighted by Gasteiger charge is 2.28. The molecule has 0 fully saturated rings. The fourth-order valence-corrected chi connectivity index (χ4v) is 3.41. The molecule has 1 heteroatoms. The smallest absolute Gasteiger partial charge is 0.0650 e. The molecule has 0 saturated heterocycles. The van der Waals surface area contributed by atoms with Crippen LogP contribution in [0.2, 0.25) is 0 Å². The Morgan fingerprint density at radius 3 is 2.15 bits per heavy atom. The lowest BCUT2D eigenvalue weighted by molar-refractivity contribution is 0.140. The number of unbranched alkanes of at least 4 members (excludes halogenated alkanes) is 6. The fourth-order valence-electron chi connectivity index (χ4n) is 3.41. The topological polar surface area (TPSA) is 9.23 Å². The zero-order chi connectivity index (χ0) is 14.7. The molecule has 1 rings (SSSR count). The minimum Gasteiger partial charge on any atom is -0.377 e. The second-order valence-corrected chi connectivity index (χ2v) is 6.74. The quantitative estimate of drug-likeness (QED) is 0.319. The zero-order valence-electron chi connectivity index (χ0n) is 14.2. The molecule has 1 unspecified atom stereocenters. The molecule has 0 bridgehead atoms. The largest absolute Gasteiger partial charge is 0.377 e. The van der Waals surface area contributed by atoms with E-state index in [1.54, 1.807) is 5.57 Å². The van der Waals surface area contributed by atoms with Crippen molar-refractivity contribution < 1.29 is 4.74 Å². The van der Waals surface area contributed by atoms with Crippen molar-refractivity contribution in [3.8, 4) is 0 Å². The summed E-state index contributed by atoms with van der Waals surface area (Å²) in [5.41, 5.74) is 2.14. The maximum atomic E-state index is 5.50. The van der Waals surface area contributed by atoms with Gasteiger partial charge < -0.3 is 4.74 Å². The summed E-state index contributed by atoms with van der Waals surface area (Å²) in [5.74, 6) is 0. The Balaban J connectivity index is 2.47. The summed E-state index contributed by atoms with van der Waals surface area (Å²) >= 11 is 0. The molecule has 1 atom stereocenters. The van der Waals surface area contributed by atoms with Crippen LogP contribution in [0.4, 0.5) is 0 Å². The van der Waals surface area contributed by atoms with Gasteiger partial charge in [0.1, 0.15) is 0 Å². The summed E-state index contributed by atoms with van der Waals surface area (Å²) in [6.45, 7) is 8.89. The van der Waals surface area contributed by atoms with Crippen molar-refractivity contribution in [2.75, 3.05) is 13.2 Å². The summed E-state index contributed by atoms with van der Waals surface area (Å²) in [6.07, 6.45) is 17.4. The van der Waals surface area contributed by atoms with Gasteiger partial charge in [0.15, 0.2) is 0 Å². The molecule has 118 valence electrons. The Morgan fingerprint density at radius 2 is 1.55 bits per heavy atom. The van der Waals surface area contributed by atoms with Crippen molar-refractivity contribution in [3.05, 3.63) is 11.6 Å². The molecule has 1 heterocycles. The normalized spacial score (nSPS) is 18.6. The summed E-state index contributed by atoms with van der Waals surface area (Å²) < 4.78 is 5.50. The number of ether oxygens (including phenoxy) is 1. The predicted molar refractivity (Wildman–Crippen MR) is 89.1 cm³/mol. The van der Waals surface area contributed by atoms with Gasteiger partial charge in [-0.15, -0.1) is 0 Å². The maximum Gasteiger partial charge on any atom is 0.0650 e. The highest BCUT2D eigenvalue weighted by Crippen LogP contribution is 2.41. The highest BCUT2D eigenvalue weighted by atomic mass is 16.5. The van der Waals surface area contributed by atoms with Crippen molar-refractivity contribution in [1.29, 1.82) is 0 Å². The number of rotatable bonds is 11. The van der Waals surface area contributed by atoms with Crippen molar-refractivity contribution in [3.63, 3.8) is 0 Å². The van der Waals surface area contributed by atoms with Gasteiger partial charge >= 0.3 is 0 Å². The predicted octanol–water partition coefficient (Wildman–Crippen LogP) is 6.28. The molecule has 0 N–H and O–H groups in total. The zero-order valence-corrected chi connectivity index (χ0v) is 14.2. The van der Waals surface area contributed by atoms with Gasteiger partial charge in [0.25, 0.3) is 0 Å². The molecule has 1 aliphatic heterocycles. The third kappa shape index (κ3) is 6.43. The first-order valence-electron chi connectivity index (χ1n) is 9.00. The molecule has 0 radical (unpaired) electrons. The van der Waals surface area contributed by atoms with Crippen LogP contribution in [0.15, 0.2) is 11.6 Å². The second-order valence-electron chi connectivity index (χ2n) is 6.74. The van der Waals surface area contributed by atoms with E-state index in [0.29, 0.717) is 5.41 Å². The first-order valence-corrected chi connectivity index (χ1v) is 9.00. The van der Waals surface area contributed by atoms with Gasteiger partial charge in [-0.3, -0.25) is 0 Å². The average Bonchev–Trinajstić information content (AvgIpc) is 2.48. The van der Waals surface area contributed by atoms with Crippen LogP contribution >= 0.6 is 0 Å². The van der Waals surface area contributed by atoms with Gasteiger partial charge in [-0.05, 0) is 24.7 Å². The fraction of sp³-hybridized carbons (Fsp3) is 0.895. The monoisotopic (exact) mass is 280 g/mol. The van der Waals surface area contributed by atoms with E-state index >= 15 is 0 Å². The van der Waals surface area contributed by atoms with E-state index in [-0.39, 0.29) is 0 Å². The Morgan fingerprint density at radius 1 is 0.950 bits per heavy atom. The van der Waals surface area contributed by atoms with Crippen LogP contribution in [-0.4, -0.2) is 13.2 Å². The van der Waals surface area contributed by atoms with Crippen LogP contribution in [-0.2, 0) is 4.74 Å². The van der Waals surface area contributed by atoms with E-state index in [9.17, 15) is 0 Å².